The first-order valence-electron chi connectivity index (χ1n) is 5.31. The Morgan fingerprint density at radius 2 is 2.00 bits per heavy atom. The zero-order chi connectivity index (χ0) is 12.5. The summed E-state index contributed by atoms with van der Waals surface area (Å²) in [4.78, 5) is 17.8. The van der Waals surface area contributed by atoms with E-state index in [2.05, 4.69) is 10.1 Å². The van der Waals surface area contributed by atoms with Gasteiger partial charge >= 0.3 is 0 Å². The molecular weight excluding hydrogens is 206 g/mol. The van der Waals surface area contributed by atoms with E-state index in [-0.39, 0.29) is 11.9 Å². The normalized spacial score (nSPS) is 13.6. The van der Waals surface area contributed by atoms with Crippen LogP contribution >= 0.6 is 0 Å². The monoisotopic (exact) mass is 225 g/mol. The van der Waals surface area contributed by atoms with Gasteiger partial charge in [-0.25, -0.2) is 0 Å². The highest BCUT2D eigenvalue weighted by Crippen LogP contribution is 2.23. The molecule has 1 rings (SSSR count). The second-order valence-electron chi connectivity index (χ2n) is 5.02. The van der Waals surface area contributed by atoms with E-state index >= 15 is 0 Å². The minimum Gasteiger partial charge on any atom is -0.337 e. The average Bonchev–Trinajstić information content (AvgIpc) is 2.60. The number of amides is 1. The summed E-state index contributed by atoms with van der Waals surface area (Å²) in [7, 11) is 1.75. The lowest BCUT2D eigenvalue weighted by Crippen LogP contribution is -2.38. The molecule has 1 amide bonds. The van der Waals surface area contributed by atoms with Crippen LogP contribution in [0, 0.1) is 12.3 Å². The molecule has 0 saturated heterocycles. The molecule has 5 heteroatoms. The predicted octanol–water partition coefficient (Wildman–Crippen LogP) is 1.94. The first-order chi connectivity index (χ1) is 7.23. The van der Waals surface area contributed by atoms with Crippen LogP contribution in [0.1, 0.15) is 45.5 Å². The standard InChI is InChI=1S/C11H19N3O2/c1-7(9-12-8(2)13-16-9)14(6)10(15)11(3,4)5/h7H,1-6H3. The number of carbonyl (C=O) groups is 1. The molecule has 1 heterocycles. The Bertz CT molecular complexity index is 379. The van der Waals surface area contributed by atoms with Crippen LogP contribution in [0.5, 0.6) is 0 Å². The van der Waals surface area contributed by atoms with Crippen LogP contribution in [-0.2, 0) is 4.79 Å². The van der Waals surface area contributed by atoms with Crippen LogP contribution in [0.15, 0.2) is 4.52 Å². The van der Waals surface area contributed by atoms with Crippen LogP contribution in [0.2, 0.25) is 0 Å². The van der Waals surface area contributed by atoms with Gasteiger partial charge in [-0.3, -0.25) is 4.79 Å². The molecule has 1 aromatic heterocycles. The molecule has 0 spiro atoms. The van der Waals surface area contributed by atoms with Crippen LogP contribution in [0.4, 0.5) is 0 Å². The van der Waals surface area contributed by atoms with Gasteiger partial charge in [-0.2, -0.15) is 4.98 Å². The lowest BCUT2D eigenvalue weighted by atomic mass is 9.94. The van der Waals surface area contributed by atoms with E-state index in [0.717, 1.165) is 0 Å². The summed E-state index contributed by atoms with van der Waals surface area (Å²) in [5.41, 5.74) is -0.405. The van der Waals surface area contributed by atoms with Crippen molar-refractivity contribution in [2.45, 2.75) is 40.7 Å². The van der Waals surface area contributed by atoms with Crippen LogP contribution in [0.3, 0.4) is 0 Å². The van der Waals surface area contributed by atoms with E-state index in [1.54, 1.807) is 18.9 Å². The van der Waals surface area contributed by atoms with E-state index in [9.17, 15) is 4.79 Å². The topological polar surface area (TPSA) is 59.2 Å². The van der Waals surface area contributed by atoms with Gasteiger partial charge in [0.15, 0.2) is 5.82 Å². The van der Waals surface area contributed by atoms with E-state index in [1.165, 1.54) is 0 Å². The molecule has 90 valence electrons. The first kappa shape index (κ1) is 12.7. The molecule has 1 atom stereocenters. The molecule has 5 nitrogen and oxygen atoms in total. The molecule has 0 aliphatic heterocycles. The molecule has 0 aliphatic rings. The third-order valence-electron chi connectivity index (χ3n) is 2.44. The summed E-state index contributed by atoms with van der Waals surface area (Å²) < 4.78 is 5.06. The number of hydrogen-bond donors (Lipinski definition) is 0. The Labute approximate surface area is 95.8 Å². The third kappa shape index (κ3) is 2.59. The fourth-order valence-corrected chi connectivity index (χ4v) is 1.35. The minimum atomic E-state index is -0.405. The summed E-state index contributed by atoms with van der Waals surface area (Å²) in [5, 5.41) is 3.72. The summed E-state index contributed by atoms with van der Waals surface area (Å²) in [6, 6.07) is -0.201. The Hall–Kier alpha value is -1.39. The zero-order valence-electron chi connectivity index (χ0n) is 10.7. The number of nitrogens with zero attached hydrogens (tertiary/aromatic N) is 3. The van der Waals surface area contributed by atoms with Gasteiger partial charge in [0.25, 0.3) is 0 Å². The van der Waals surface area contributed by atoms with Gasteiger partial charge in [-0.15, -0.1) is 0 Å². The maximum absolute atomic E-state index is 12.0. The van der Waals surface area contributed by atoms with E-state index in [1.807, 2.05) is 27.7 Å². The molecule has 16 heavy (non-hydrogen) atoms. The minimum absolute atomic E-state index is 0.0517. The summed E-state index contributed by atoms with van der Waals surface area (Å²) in [6.07, 6.45) is 0. The molecule has 0 aromatic carbocycles. The van der Waals surface area contributed by atoms with Gasteiger partial charge in [0.05, 0.1) is 0 Å². The number of aryl methyl sites for hydroxylation is 1. The smallest absolute Gasteiger partial charge is 0.249 e. The van der Waals surface area contributed by atoms with Crippen molar-refractivity contribution in [2.75, 3.05) is 7.05 Å². The van der Waals surface area contributed by atoms with Crippen LogP contribution < -0.4 is 0 Å². The summed E-state index contributed by atoms with van der Waals surface area (Å²) >= 11 is 0. The van der Waals surface area contributed by atoms with E-state index in [0.29, 0.717) is 11.7 Å². The molecular formula is C11H19N3O2. The summed E-state index contributed by atoms with van der Waals surface area (Å²) in [6.45, 7) is 9.29. The highest BCUT2D eigenvalue weighted by atomic mass is 16.5. The largest absolute Gasteiger partial charge is 0.337 e. The third-order valence-corrected chi connectivity index (χ3v) is 2.44. The first-order valence-corrected chi connectivity index (χ1v) is 5.31. The SMILES string of the molecule is Cc1noc(C(C)N(C)C(=O)C(C)(C)C)n1. The predicted molar refractivity (Wildman–Crippen MR) is 59.7 cm³/mol. The lowest BCUT2D eigenvalue weighted by molar-refractivity contribution is -0.140. The van der Waals surface area contributed by atoms with Crippen molar-refractivity contribution in [3.63, 3.8) is 0 Å². The Morgan fingerprint density at radius 3 is 2.38 bits per heavy atom. The van der Waals surface area contributed by atoms with Crippen molar-refractivity contribution in [3.8, 4) is 0 Å². The molecule has 1 unspecified atom stereocenters. The van der Waals surface area contributed by atoms with Crippen LogP contribution in [0.25, 0.3) is 0 Å². The second kappa shape index (κ2) is 4.23. The van der Waals surface area contributed by atoms with Gasteiger partial charge in [-0.1, -0.05) is 25.9 Å². The molecule has 0 radical (unpaired) electrons. The highest BCUT2D eigenvalue weighted by Gasteiger charge is 2.30. The molecule has 0 aliphatic carbocycles. The number of hydrogen-bond acceptors (Lipinski definition) is 4. The van der Waals surface area contributed by atoms with Gasteiger partial charge in [0.1, 0.15) is 6.04 Å². The molecule has 0 saturated carbocycles. The lowest BCUT2D eigenvalue weighted by Gasteiger charge is -2.29. The van der Waals surface area contributed by atoms with Crippen molar-refractivity contribution in [3.05, 3.63) is 11.7 Å². The Morgan fingerprint density at radius 1 is 1.44 bits per heavy atom. The molecule has 0 N–H and O–H groups in total. The average molecular weight is 225 g/mol. The number of carbonyl (C=O) groups excluding carboxylic acids is 1. The number of aromatic nitrogens is 2. The van der Waals surface area contributed by atoms with E-state index < -0.39 is 5.41 Å². The quantitative estimate of drug-likeness (QED) is 0.771. The number of rotatable bonds is 2. The second-order valence-corrected chi connectivity index (χ2v) is 5.02. The maximum Gasteiger partial charge on any atom is 0.249 e. The van der Waals surface area contributed by atoms with Crippen molar-refractivity contribution in [1.82, 2.24) is 15.0 Å². The molecule has 0 fully saturated rings. The van der Waals surface area contributed by atoms with Crippen molar-refractivity contribution < 1.29 is 9.32 Å². The van der Waals surface area contributed by atoms with Crippen molar-refractivity contribution in [1.29, 1.82) is 0 Å². The van der Waals surface area contributed by atoms with Gasteiger partial charge in [0, 0.05) is 12.5 Å². The van der Waals surface area contributed by atoms with Gasteiger partial charge in [0.2, 0.25) is 11.8 Å². The van der Waals surface area contributed by atoms with Crippen molar-refractivity contribution in [2.24, 2.45) is 5.41 Å². The Kier molecular flexibility index (Phi) is 3.35. The Balaban J connectivity index is 2.82. The molecule has 1 aromatic rings. The molecule has 0 bridgehead atoms. The van der Waals surface area contributed by atoms with Gasteiger partial charge < -0.3 is 9.42 Å². The summed E-state index contributed by atoms with van der Waals surface area (Å²) in [5.74, 6) is 1.10. The van der Waals surface area contributed by atoms with Gasteiger partial charge in [-0.05, 0) is 13.8 Å². The van der Waals surface area contributed by atoms with E-state index in [4.69, 9.17) is 4.52 Å². The highest BCUT2D eigenvalue weighted by molar-refractivity contribution is 5.81. The van der Waals surface area contributed by atoms with Crippen LogP contribution in [-0.4, -0.2) is 28.0 Å². The fourth-order valence-electron chi connectivity index (χ4n) is 1.35. The maximum atomic E-state index is 12.0. The zero-order valence-corrected chi connectivity index (χ0v) is 10.7. The fraction of sp³-hybridized carbons (Fsp3) is 0.727. The van der Waals surface area contributed by atoms with Crippen molar-refractivity contribution >= 4 is 5.91 Å².